The van der Waals surface area contributed by atoms with Crippen LogP contribution >= 0.6 is 11.8 Å². The van der Waals surface area contributed by atoms with Gasteiger partial charge in [0.1, 0.15) is 11.3 Å². The topological polar surface area (TPSA) is 93.2 Å². The number of nitrogens with two attached hydrogens (primary N) is 1. The van der Waals surface area contributed by atoms with Crippen LogP contribution in [-0.2, 0) is 6.18 Å². The number of rotatable bonds is 3. The molecule has 1 aromatic carbocycles. The first kappa shape index (κ1) is 25.1. The maximum absolute atomic E-state index is 14.3. The van der Waals surface area contributed by atoms with E-state index in [0.29, 0.717) is 65.2 Å². The molecule has 0 aliphatic carbocycles. The second-order valence-corrected chi connectivity index (χ2v) is 9.68. The molecule has 1 aliphatic rings. The van der Waals surface area contributed by atoms with E-state index >= 15 is 0 Å². The van der Waals surface area contributed by atoms with Gasteiger partial charge in [-0.3, -0.25) is 14.3 Å². The Bertz CT molecular complexity index is 1760. The normalized spacial score (nSPS) is 14.8. The van der Waals surface area contributed by atoms with Crippen LogP contribution in [0.25, 0.3) is 38.9 Å². The number of pyridine rings is 4. The van der Waals surface area contributed by atoms with Crippen molar-refractivity contribution < 1.29 is 13.2 Å². The van der Waals surface area contributed by atoms with Crippen molar-refractivity contribution in [3.05, 3.63) is 82.9 Å². The van der Waals surface area contributed by atoms with Crippen LogP contribution in [0.2, 0.25) is 0 Å². The average Bonchev–Trinajstić information content (AvgIpc) is 2.93. The quantitative estimate of drug-likeness (QED) is 0.252. The van der Waals surface area contributed by atoms with Gasteiger partial charge in [-0.25, -0.2) is 14.4 Å². The smallest absolute Gasteiger partial charge is 0.384 e. The summed E-state index contributed by atoms with van der Waals surface area (Å²) in [6.07, 6.45) is -1.49. The molecule has 1 saturated heterocycles. The lowest BCUT2D eigenvalue weighted by molar-refractivity contribution is -0.137. The molecule has 0 unspecified atom stereocenters. The van der Waals surface area contributed by atoms with Gasteiger partial charge in [0.15, 0.2) is 0 Å². The van der Waals surface area contributed by atoms with Crippen LogP contribution in [0.5, 0.6) is 0 Å². The van der Waals surface area contributed by atoms with Crippen molar-refractivity contribution in [1.29, 1.82) is 0 Å². The van der Waals surface area contributed by atoms with E-state index < -0.39 is 17.3 Å². The Kier molecular flexibility index (Phi) is 6.12. The molecule has 0 saturated carbocycles. The molecule has 5 heterocycles. The maximum atomic E-state index is 14.3. The van der Waals surface area contributed by atoms with E-state index in [4.69, 9.17) is 22.5 Å². The number of fused-ring (bicyclic) bond motifs is 3. The average molecular weight is 552 g/mol. The molecule has 4 aromatic heterocycles. The molecule has 39 heavy (non-hydrogen) atoms. The number of piperazine rings is 1. The zero-order valence-corrected chi connectivity index (χ0v) is 21.1. The van der Waals surface area contributed by atoms with Crippen molar-refractivity contribution in [2.75, 3.05) is 36.8 Å². The highest BCUT2D eigenvalue weighted by Gasteiger charge is 2.36. The van der Waals surface area contributed by atoms with E-state index in [2.05, 4.69) is 9.97 Å². The minimum absolute atomic E-state index is 0.0482. The van der Waals surface area contributed by atoms with E-state index in [9.17, 15) is 18.0 Å². The zero-order chi connectivity index (χ0) is 27.3. The Balaban J connectivity index is 1.57. The Morgan fingerprint density at radius 3 is 2.41 bits per heavy atom. The van der Waals surface area contributed by atoms with Crippen molar-refractivity contribution in [2.24, 2.45) is 0 Å². The third-order valence-corrected chi connectivity index (χ3v) is 7.09. The van der Waals surface area contributed by atoms with Crippen molar-refractivity contribution >= 4 is 45.2 Å². The summed E-state index contributed by atoms with van der Waals surface area (Å²) in [5.74, 6) is 0.356. The molecule has 0 bridgehead atoms. The van der Waals surface area contributed by atoms with Gasteiger partial charge in [0.25, 0.3) is 5.56 Å². The molecule has 0 atom stereocenters. The van der Waals surface area contributed by atoms with E-state index in [-0.39, 0.29) is 11.4 Å². The summed E-state index contributed by atoms with van der Waals surface area (Å²) in [4.78, 5) is 28.2. The molecule has 1 aliphatic heterocycles. The third-order valence-electron chi connectivity index (χ3n) is 6.76. The Hall–Kier alpha value is -4.22. The number of hydrogen-bond acceptors (Lipinski definition) is 7. The molecule has 198 valence electrons. The molecular weight excluding hydrogens is 531 g/mol. The summed E-state index contributed by atoms with van der Waals surface area (Å²) in [6.45, 7) is 1.56. The van der Waals surface area contributed by atoms with Crippen LogP contribution in [0.15, 0.2) is 71.8 Å². The van der Waals surface area contributed by atoms with Crippen LogP contribution in [0.4, 0.5) is 24.7 Å². The number of anilines is 2. The molecular formula is C27H21ClF3N7O. The van der Waals surface area contributed by atoms with Gasteiger partial charge in [0, 0.05) is 61.3 Å². The minimum Gasteiger partial charge on any atom is -0.384 e. The summed E-state index contributed by atoms with van der Waals surface area (Å²) < 4.78 is 45.8. The summed E-state index contributed by atoms with van der Waals surface area (Å²) >= 11 is 6.01. The molecule has 0 spiro atoms. The van der Waals surface area contributed by atoms with Crippen molar-refractivity contribution in [1.82, 2.24) is 23.9 Å². The fourth-order valence-electron chi connectivity index (χ4n) is 4.83. The number of hydrogen-bond donors (Lipinski definition) is 1. The highest BCUT2D eigenvalue weighted by molar-refractivity contribution is 6.13. The molecule has 0 amide bonds. The summed E-state index contributed by atoms with van der Waals surface area (Å²) in [7, 11) is 0. The second-order valence-electron chi connectivity index (χ2n) is 9.20. The predicted molar refractivity (Wildman–Crippen MR) is 145 cm³/mol. The molecule has 6 rings (SSSR count). The number of alkyl halides is 3. The highest BCUT2D eigenvalue weighted by Crippen LogP contribution is 2.39. The lowest BCUT2D eigenvalue weighted by atomic mass is 10.1. The molecule has 8 nitrogen and oxygen atoms in total. The summed E-state index contributed by atoms with van der Waals surface area (Å²) in [6, 6.07) is 13.8. The first-order valence-corrected chi connectivity index (χ1v) is 12.4. The Morgan fingerprint density at radius 2 is 1.69 bits per heavy atom. The van der Waals surface area contributed by atoms with Gasteiger partial charge >= 0.3 is 6.18 Å². The van der Waals surface area contributed by atoms with Crippen LogP contribution in [0, 0.1) is 0 Å². The van der Waals surface area contributed by atoms with Gasteiger partial charge in [0.2, 0.25) is 0 Å². The van der Waals surface area contributed by atoms with Crippen LogP contribution < -0.4 is 16.2 Å². The number of nitrogen functional groups attached to an aromatic ring is 1. The lowest BCUT2D eigenvalue weighted by Gasteiger charge is -2.34. The van der Waals surface area contributed by atoms with Gasteiger partial charge in [-0.05, 0) is 60.3 Å². The van der Waals surface area contributed by atoms with Gasteiger partial charge in [-0.1, -0.05) is 0 Å². The molecule has 5 aromatic rings. The maximum Gasteiger partial charge on any atom is 0.418 e. The van der Waals surface area contributed by atoms with Crippen LogP contribution in [0.1, 0.15) is 5.56 Å². The zero-order valence-electron chi connectivity index (χ0n) is 20.4. The second kappa shape index (κ2) is 9.51. The lowest BCUT2D eigenvalue weighted by Crippen LogP contribution is -2.43. The van der Waals surface area contributed by atoms with Crippen molar-refractivity contribution in [3.63, 3.8) is 0 Å². The van der Waals surface area contributed by atoms with E-state index in [1.165, 1.54) is 22.8 Å². The van der Waals surface area contributed by atoms with Crippen molar-refractivity contribution in [3.8, 4) is 16.9 Å². The Morgan fingerprint density at radius 1 is 0.897 bits per heavy atom. The van der Waals surface area contributed by atoms with Gasteiger partial charge in [0.05, 0.1) is 28.0 Å². The highest BCUT2D eigenvalue weighted by atomic mass is 35.5. The van der Waals surface area contributed by atoms with Crippen LogP contribution in [0.3, 0.4) is 0 Å². The van der Waals surface area contributed by atoms with Gasteiger partial charge in [-0.2, -0.15) is 13.2 Å². The third kappa shape index (κ3) is 4.64. The van der Waals surface area contributed by atoms with E-state index in [0.717, 1.165) is 6.07 Å². The van der Waals surface area contributed by atoms with E-state index in [1.807, 2.05) is 0 Å². The van der Waals surface area contributed by atoms with Crippen LogP contribution in [-0.4, -0.2) is 50.1 Å². The fourth-order valence-corrected chi connectivity index (χ4v) is 4.98. The fraction of sp³-hybridized carbons (Fsp3) is 0.185. The SMILES string of the molecule is Nc1ccc(-c2ccc3ncc4ccc(=O)n(-c5ccc(N6CCN(Cl)CC6)c(C(F)(F)F)c5)c4c3n2)cn1. The summed E-state index contributed by atoms with van der Waals surface area (Å²) in [5, 5.41) is 0.554. The van der Waals surface area contributed by atoms with Gasteiger partial charge < -0.3 is 10.6 Å². The molecule has 1 fully saturated rings. The first-order valence-electron chi connectivity index (χ1n) is 12.1. The minimum atomic E-state index is -4.64. The Labute approximate surface area is 225 Å². The molecule has 2 N–H and O–H groups in total. The van der Waals surface area contributed by atoms with E-state index in [1.54, 1.807) is 52.0 Å². The number of halogens is 4. The largest absolute Gasteiger partial charge is 0.418 e. The monoisotopic (exact) mass is 551 g/mol. The first-order chi connectivity index (χ1) is 18.7. The molecule has 12 heteroatoms. The number of benzene rings is 1. The number of nitrogens with zero attached hydrogens (tertiary/aromatic N) is 6. The predicted octanol–water partition coefficient (Wildman–Crippen LogP) is 4.87. The standard InChI is InChI=1S/C27H21ClF3N7O/c28-37-11-9-36(10-12-37)22-6-3-18(13-19(22)27(29,30)31)38-24(39)8-2-17-15-33-21-5-4-20(35-25(21)26(17)38)16-1-7-23(32)34-14-16/h1-8,13-15H,9-12H2,(H2,32,34). The summed E-state index contributed by atoms with van der Waals surface area (Å²) in [5.41, 5.74) is 6.97. The number of aromatic nitrogens is 4. The van der Waals surface area contributed by atoms with Gasteiger partial charge in [-0.15, -0.1) is 0 Å². The molecule has 0 radical (unpaired) electrons. The van der Waals surface area contributed by atoms with Crippen molar-refractivity contribution in [2.45, 2.75) is 6.18 Å².